The Morgan fingerprint density at radius 3 is 2.00 bits per heavy atom. The maximum absolute atomic E-state index is 11.2. The summed E-state index contributed by atoms with van der Waals surface area (Å²) in [5, 5.41) is 2.11. The molecule has 0 unspecified atom stereocenters. The molecule has 82 valence electrons. The molecule has 1 heterocycles. The Morgan fingerprint density at radius 1 is 1.13 bits per heavy atom. The average molecular weight is 271 g/mol. The number of nitrogens with zero attached hydrogens (tertiary/aromatic N) is 3. The number of carbonyl (C=O) groups is 1. The highest BCUT2D eigenvalue weighted by Gasteiger charge is 2.31. The van der Waals surface area contributed by atoms with Gasteiger partial charge in [0.1, 0.15) is 0 Å². The Hall–Kier alpha value is -1.05. The van der Waals surface area contributed by atoms with Gasteiger partial charge in [0.25, 0.3) is 9.70 Å². The van der Waals surface area contributed by atoms with Gasteiger partial charge in [0.05, 0.1) is 0 Å². The first kappa shape index (κ1) is 12.0. The number of carbonyl (C=O) groups excluding carboxylic acids is 1. The second-order valence-electron chi connectivity index (χ2n) is 2.33. The topological polar surface area (TPSA) is 120 Å². The minimum Gasteiger partial charge on any atom is -0.368 e. The van der Waals surface area contributed by atoms with Gasteiger partial charge in [-0.3, -0.25) is 10.1 Å². The van der Waals surface area contributed by atoms with Crippen LogP contribution in [-0.4, -0.2) is 24.7 Å². The highest BCUT2D eigenvalue weighted by Crippen LogP contribution is 2.27. The van der Waals surface area contributed by atoms with Crippen molar-refractivity contribution in [2.45, 2.75) is 3.79 Å². The maximum Gasteiger partial charge on any atom is 0.278 e. The zero-order chi connectivity index (χ0) is 11.6. The molecule has 0 bridgehead atoms. The molecular weight excluding hydrogens is 266 g/mol. The molecule has 0 spiro atoms. The fourth-order valence-corrected chi connectivity index (χ4v) is 0.779. The summed E-state index contributed by atoms with van der Waals surface area (Å²) in [6, 6.07) is 0. The Bertz CT molecular complexity index is 371. The first-order chi connectivity index (χ1) is 6.79. The summed E-state index contributed by atoms with van der Waals surface area (Å²) >= 11 is 15.9. The van der Waals surface area contributed by atoms with Crippen LogP contribution in [0.1, 0.15) is 0 Å². The van der Waals surface area contributed by atoms with Gasteiger partial charge in [0.2, 0.25) is 17.8 Å². The summed E-state index contributed by atoms with van der Waals surface area (Å²) in [5.41, 5.74) is 10.5. The molecule has 10 heteroatoms. The van der Waals surface area contributed by atoms with E-state index in [-0.39, 0.29) is 17.8 Å². The second kappa shape index (κ2) is 4.21. The Labute approximate surface area is 99.1 Å². The third kappa shape index (κ3) is 3.54. The zero-order valence-corrected chi connectivity index (χ0v) is 9.31. The van der Waals surface area contributed by atoms with Crippen LogP contribution in [0.15, 0.2) is 0 Å². The Morgan fingerprint density at radius 2 is 1.60 bits per heavy atom. The lowest BCUT2D eigenvalue weighted by molar-refractivity contribution is -0.115. The first-order valence-corrected chi connectivity index (χ1v) is 4.57. The van der Waals surface area contributed by atoms with E-state index in [1.165, 1.54) is 0 Å². The molecule has 0 aromatic carbocycles. The normalized spacial score (nSPS) is 11.1. The monoisotopic (exact) mass is 270 g/mol. The molecule has 0 aliphatic heterocycles. The predicted molar refractivity (Wildman–Crippen MR) is 57.6 cm³/mol. The van der Waals surface area contributed by atoms with Gasteiger partial charge < -0.3 is 11.5 Å². The average Bonchev–Trinajstić information content (AvgIpc) is 1.99. The minimum atomic E-state index is -2.11. The van der Waals surface area contributed by atoms with Crippen molar-refractivity contribution in [1.29, 1.82) is 0 Å². The molecule has 1 amide bonds. The molecule has 1 aromatic rings. The summed E-state index contributed by atoms with van der Waals surface area (Å²) < 4.78 is -2.11. The molecule has 0 saturated heterocycles. The van der Waals surface area contributed by atoms with Crippen molar-refractivity contribution in [2.75, 3.05) is 16.8 Å². The lowest BCUT2D eigenvalue weighted by atomic mass is 10.6. The van der Waals surface area contributed by atoms with Gasteiger partial charge >= 0.3 is 0 Å². The van der Waals surface area contributed by atoms with Gasteiger partial charge in [0.15, 0.2) is 0 Å². The summed E-state index contributed by atoms with van der Waals surface area (Å²) in [4.78, 5) is 21.8. The van der Waals surface area contributed by atoms with Crippen molar-refractivity contribution in [3.63, 3.8) is 0 Å². The molecule has 0 aliphatic rings. The number of nitrogen functional groups attached to an aromatic ring is 2. The van der Waals surface area contributed by atoms with E-state index >= 15 is 0 Å². The lowest BCUT2D eigenvalue weighted by Gasteiger charge is -2.10. The summed E-state index contributed by atoms with van der Waals surface area (Å²) in [6.07, 6.45) is 0. The molecule has 15 heavy (non-hydrogen) atoms. The summed E-state index contributed by atoms with van der Waals surface area (Å²) in [6.45, 7) is 0. The number of rotatable bonds is 1. The van der Waals surface area contributed by atoms with E-state index in [2.05, 4.69) is 20.3 Å². The largest absolute Gasteiger partial charge is 0.368 e. The third-order valence-electron chi connectivity index (χ3n) is 1.15. The number of amides is 1. The molecule has 0 atom stereocenters. The number of anilines is 3. The van der Waals surface area contributed by atoms with E-state index in [1.807, 2.05) is 0 Å². The van der Waals surface area contributed by atoms with Crippen LogP contribution in [-0.2, 0) is 4.79 Å². The van der Waals surface area contributed by atoms with E-state index in [9.17, 15) is 4.79 Å². The van der Waals surface area contributed by atoms with Crippen molar-refractivity contribution in [2.24, 2.45) is 0 Å². The van der Waals surface area contributed by atoms with E-state index in [1.54, 1.807) is 0 Å². The van der Waals surface area contributed by atoms with Crippen LogP contribution in [0.3, 0.4) is 0 Å². The SMILES string of the molecule is Nc1nc(N)nc(NC(=O)C(Cl)(Cl)Cl)n1. The van der Waals surface area contributed by atoms with Gasteiger partial charge in [-0.25, -0.2) is 0 Å². The van der Waals surface area contributed by atoms with Crippen molar-refractivity contribution in [1.82, 2.24) is 15.0 Å². The van der Waals surface area contributed by atoms with E-state index in [0.717, 1.165) is 0 Å². The number of aromatic nitrogens is 3. The van der Waals surface area contributed by atoms with Crippen molar-refractivity contribution < 1.29 is 4.79 Å². The Kier molecular flexibility index (Phi) is 3.38. The number of halogens is 3. The highest BCUT2D eigenvalue weighted by molar-refractivity contribution is 6.76. The predicted octanol–water partition coefficient (Wildman–Crippen LogP) is 0.345. The standard InChI is InChI=1S/C5H5Cl3N6O/c6-5(7,8)1(15)11-4-13-2(9)12-3(10)14-4/h(H5,9,10,11,12,13,14,15). The van der Waals surface area contributed by atoms with Crippen LogP contribution < -0.4 is 16.8 Å². The van der Waals surface area contributed by atoms with Crippen LogP contribution in [0.4, 0.5) is 17.8 Å². The molecule has 0 aliphatic carbocycles. The molecule has 0 saturated carbocycles. The number of hydrogen-bond donors (Lipinski definition) is 3. The lowest BCUT2D eigenvalue weighted by Crippen LogP contribution is -2.28. The zero-order valence-electron chi connectivity index (χ0n) is 7.04. The van der Waals surface area contributed by atoms with Gasteiger partial charge in [0, 0.05) is 0 Å². The molecule has 1 rings (SSSR count). The van der Waals surface area contributed by atoms with Crippen molar-refractivity contribution >= 4 is 58.6 Å². The molecule has 7 nitrogen and oxygen atoms in total. The third-order valence-corrected chi connectivity index (χ3v) is 1.67. The number of alkyl halides is 3. The number of nitrogens with one attached hydrogen (secondary N) is 1. The highest BCUT2D eigenvalue weighted by atomic mass is 35.6. The second-order valence-corrected chi connectivity index (χ2v) is 4.61. The molecule has 0 radical (unpaired) electrons. The quantitative estimate of drug-likeness (QED) is 0.634. The van der Waals surface area contributed by atoms with Gasteiger partial charge in [-0.15, -0.1) is 0 Å². The Balaban J connectivity index is 2.86. The fourth-order valence-electron chi connectivity index (χ4n) is 0.638. The van der Waals surface area contributed by atoms with E-state index in [0.29, 0.717) is 0 Å². The van der Waals surface area contributed by atoms with E-state index < -0.39 is 9.70 Å². The van der Waals surface area contributed by atoms with Gasteiger partial charge in [-0.2, -0.15) is 15.0 Å². The maximum atomic E-state index is 11.2. The van der Waals surface area contributed by atoms with E-state index in [4.69, 9.17) is 46.3 Å². The number of hydrogen-bond acceptors (Lipinski definition) is 6. The molecule has 5 N–H and O–H groups in total. The molecular formula is C5H5Cl3N6O. The number of nitrogens with two attached hydrogens (primary N) is 2. The smallest absolute Gasteiger partial charge is 0.278 e. The van der Waals surface area contributed by atoms with Crippen LogP contribution >= 0.6 is 34.8 Å². The van der Waals surface area contributed by atoms with Gasteiger partial charge in [-0.1, -0.05) is 34.8 Å². The first-order valence-electron chi connectivity index (χ1n) is 3.44. The van der Waals surface area contributed by atoms with Crippen LogP contribution in [0.5, 0.6) is 0 Å². The summed E-state index contributed by atoms with van der Waals surface area (Å²) in [5.74, 6) is -1.40. The minimum absolute atomic E-state index is 0.151. The summed E-state index contributed by atoms with van der Waals surface area (Å²) in [7, 11) is 0. The van der Waals surface area contributed by atoms with Gasteiger partial charge in [-0.05, 0) is 0 Å². The van der Waals surface area contributed by atoms with Crippen molar-refractivity contribution in [3.05, 3.63) is 0 Å². The van der Waals surface area contributed by atoms with Crippen LogP contribution in [0.25, 0.3) is 0 Å². The van der Waals surface area contributed by atoms with Crippen molar-refractivity contribution in [3.8, 4) is 0 Å². The molecule has 0 fully saturated rings. The fraction of sp³-hybridized carbons (Fsp3) is 0.200. The molecule has 1 aromatic heterocycles. The van der Waals surface area contributed by atoms with Crippen LogP contribution in [0.2, 0.25) is 0 Å². The van der Waals surface area contributed by atoms with Crippen LogP contribution in [0, 0.1) is 0 Å².